The molecule has 0 saturated carbocycles. The van der Waals surface area contributed by atoms with Crippen LogP contribution in [-0.2, 0) is 6.42 Å². The van der Waals surface area contributed by atoms with Crippen molar-refractivity contribution in [1.29, 1.82) is 0 Å². The second-order valence-corrected chi connectivity index (χ2v) is 4.04. The lowest BCUT2D eigenvalue weighted by Crippen LogP contribution is -2.11. The molecule has 1 unspecified atom stereocenters. The first-order valence-corrected chi connectivity index (χ1v) is 5.81. The van der Waals surface area contributed by atoms with Gasteiger partial charge in [0.2, 0.25) is 0 Å². The highest BCUT2D eigenvalue weighted by Gasteiger charge is 2.00. The average Bonchev–Trinajstić information content (AvgIpc) is 2.27. The van der Waals surface area contributed by atoms with Gasteiger partial charge in [-0.3, -0.25) is 0 Å². The van der Waals surface area contributed by atoms with Crippen molar-refractivity contribution < 1.29 is 0 Å². The number of rotatable bonds is 6. The molecule has 15 heavy (non-hydrogen) atoms. The molecule has 1 aromatic rings. The summed E-state index contributed by atoms with van der Waals surface area (Å²) < 4.78 is 0. The van der Waals surface area contributed by atoms with Crippen LogP contribution in [0.2, 0.25) is 0 Å². The smallest absolute Gasteiger partial charge is 0.129 e. The maximum atomic E-state index is 4.23. The molecule has 0 aliphatic carbocycles. The molecular weight excluding hydrogens is 186 g/mol. The van der Waals surface area contributed by atoms with Gasteiger partial charge in [0.25, 0.3) is 0 Å². The Bertz CT molecular complexity index is 286. The van der Waals surface area contributed by atoms with Crippen LogP contribution in [-0.4, -0.2) is 16.5 Å². The fourth-order valence-corrected chi connectivity index (χ4v) is 1.31. The molecule has 1 N–H and O–H groups in total. The van der Waals surface area contributed by atoms with E-state index in [0.29, 0.717) is 5.92 Å². The summed E-state index contributed by atoms with van der Waals surface area (Å²) in [5, 5.41) is 3.34. The average molecular weight is 207 g/mol. The molecule has 1 rings (SSSR count). The Kier molecular flexibility index (Phi) is 5.08. The highest BCUT2D eigenvalue weighted by atomic mass is 15.0. The van der Waals surface area contributed by atoms with E-state index in [-0.39, 0.29) is 0 Å². The standard InChI is InChI=1S/C12H21N3/c1-4-6-11-7-12(15-9-14-11)13-8-10(3)5-2/h7,9-10H,4-6,8H2,1-3H3,(H,13,14,15). The van der Waals surface area contributed by atoms with Crippen molar-refractivity contribution in [3.63, 3.8) is 0 Å². The van der Waals surface area contributed by atoms with E-state index in [4.69, 9.17) is 0 Å². The van der Waals surface area contributed by atoms with Gasteiger partial charge in [-0.25, -0.2) is 9.97 Å². The summed E-state index contributed by atoms with van der Waals surface area (Å²) in [6.45, 7) is 7.59. The zero-order chi connectivity index (χ0) is 11.1. The quantitative estimate of drug-likeness (QED) is 0.779. The van der Waals surface area contributed by atoms with Crippen molar-refractivity contribution in [2.45, 2.75) is 40.0 Å². The normalized spacial score (nSPS) is 12.5. The van der Waals surface area contributed by atoms with E-state index in [0.717, 1.165) is 30.9 Å². The summed E-state index contributed by atoms with van der Waals surface area (Å²) in [5.41, 5.74) is 1.12. The van der Waals surface area contributed by atoms with Gasteiger partial charge in [0.1, 0.15) is 12.1 Å². The Balaban J connectivity index is 2.50. The van der Waals surface area contributed by atoms with Gasteiger partial charge in [0.15, 0.2) is 0 Å². The minimum atomic E-state index is 0.689. The lowest BCUT2D eigenvalue weighted by atomic mass is 10.1. The van der Waals surface area contributed by atoms with Crippen molar-refractivity contribution in [1.82, 2.24) is 9.97 Å². The van der Waals surface area contributed by atoms with Crippen LogP contribution in [0.15, 0.2) is 12.4 Å². The van der Waals surface area contributed by atoms with Crippen LogP contribution >= 0.6 is 0 Å². The van der Waals surface area contributed by atoms with E-state index in [1.54, 1.807) is 6.33 Å². The highest BCUT2D eigenvalue weighted by Crippen LogP contribution is 2.08. The highest BCUT2D eigenvalue weighted by molar-refractivity contribution is 5.34. The first-order chi connectivity index (χ1) is 7.26. The molecule has 0 fully saturated rings. The summed E-state index contributed by atoms with van der Waals surface area (Å²) >= 11 is 0. The maximum Gasteiger partial charge on any atom is 0.129 e. The van der Waals surface area contributed by atoms with Crippen LogP contribution in [0.1, 0.15) is 39.3 Å². The van der Waals surface area contributed by atoms with Gasteiger partial charge in [-0.2, -0.15) is 0 Å². The lowest BCUT2D eigenvalue weighted by molar-refractivity contribution is 0.592. The number of nitrogens with zero attached hydrogens (tertiary/aromatic N) is 2. The molecule has 1 atom stereocenters. The SMILES string of the molecule is CCCc1cc(NCC(C)CC)ncn1. The third-order valence-corrected chi connectivity index (χ3v) is 2.56. The molecule has 0 aromatic carbocycles. The fourth-order valence-electron chi connectivity index (χ4n) is 1.31. The maximum absolute atomic E-state index is 4.23. The zero-order valence-corrected chi connectivity index (χ0v) is 9.95. The summed E-state index contributed by atoms with van der Waals surface area (Å²) in [5.74, 6) is 1.64. The monoisotopic (exact) mass is 207 g/mol. The van der Waals surface area contributed by atoms with E-state index in [1.807, 2.05) is 6.07 Å². The molecule has 0 spiro atoms. The Morgan fingerprint density at radius 3 is 2.80 bits per heavy atom. The van der Waals surface area contributed by atoms with E-state index in [9.17, 15) is 0 Å². The van der Waals surface area contributed by atoms with Gasteiger partial charge in [-0.05, 0) is 12.3 Å². The Labute approximate surface area is 92.3 Å². The number of anilines is 1. The summed E-state index contributed by atoms with van der Waals surface area (Å²) in [7, 11) is 0. The van der Waals surface area contributed by atoms with Crippen molar-refractivity contribution in [2.75, 3.05) is 11.9 Å². The lowest BCUT2D eigenvalue weighted by Gasteiger charge is -2.10. The number of hydrogen-bond acceptors (Lipinski definition) is 3. The largest absolute Gasteiger partial charge is 0.370 e. The van der Waals surface area contributed by atoms with Crippen LogP contribution in [0.3, 0.4) is 0 Å². The molecule has 1 heterocycles. The van der Waals surface area contributed by atoms with E-state index >= 15 is 0 Å². The molecule has 0 amide bonds. The van der Waals surface area contributed by atoms with E-state index in [1.165, 1.54) is 6.42 Å². The molecular formula is C12H21N3. The second-order valence-electron chi connectivity index (χ2n) is 4.04. The van der Waals surface area contributed by atoms with Crippen LogP contribution in [0, 0.1) is 5.92 Å². The predicted octanol–water partition coefficient (Wildman–Crippen LogP) is 2.89. The van der Waals surface area contributed by atoms with Gasteiger partial charge >= 0.3 is 0 Å². The fraction of sp³-hybridized carbons (Fsp3) is 0.667. The Morgan fingerprint density at radius 1 is 1.33 bits per heavy atom. The van der Waals surface area contributed by atoms with Crippen molar-refractivity contribution in [3.05, 3.63) is 18.1 Å². The van der Waals surface area contributed by atoms with Gasteiger partial charge in [-0.15, -0.1) is 0 Å². The summed E-state index contributed by atoms with van der Waals surface area (Å²) in [6, 6.07) is 2.05. The molecule has 1 aromatic heterocycles. The molecule has 84 valence electrons. The summed E-state index contributed by atoms with van der Waals surface area (Å²) in [6.07, 6.45) is 4.99. The van der Waals surface area contributed by atoms with Gasteiger partial charge in [-0.1, -0.05) is 33.6 Å². The number of aromatic nitrogens is 2. The molecule has 0 aliphatic rings. The van der Waals surface area contributed by atoms with Crippen LogP contribution < -0.4 is 5.32 Å². The van der Waals surface area contributed by atoms with Crippen molar-refractivity contribution in [3.8, 4) is 0 Å². The first kappa shape index (κ1) is 12.0. The Morgan fingerprint density at radius 2 is 2.13 bits per heavy atom. The van der Waals surface area contributed by atoms with Gasteiger partial charge in [0.05, 0.1) is 0 Å². The number of hydrogen-bond donors (Lipinski definition) is 1. The first-order valence-electron chi connectivity index (χ1n) is 5.81. The van der Waals surface area contributed by atoms with Gasteiger partial charge in [0, 0.05) is 18.3 Å². The van der Waals surface area contributed by atoms with E-state index in [2.05, 4.69) is 36.1 Å². The number of nitrogens with one attached hydrogen (secondary N) is 1. The molecule has 0 bridgehead atoms. The zero-order valence-electron chi connectivity index (χ0n) is 9.95. The third-order valence-electron chi connectivity index (χ3n) is 2.56. The minimum Gasteiger partial charge on any atom is -0.370 e. The Hall–Kier alpha value is -1.12. The molecule has 3 nitrogen and oxygen atoms in total. The predicted molar refractivity (Wildman–Crippen MR) is 64.0 cm³/mol. The number of aryl methyl sites for hydroxylation is 1. The minimum absolute atomic E-state index is 0.689. The third kappa shape index (κ3) is 4.28. The van der Waals surface area contributed by atoms with Crippen LogP contribution in [0.4, 0.5) is 5.82 Å². The van der Waals surface area contributed by atoms with E-state index < -0.39 is 0 Å². The van der Waals surface area contributed by atoms with Crippen molar-refractivity contribution in [2.24, 2.45) is 5.92 Å². The van der Waals surface area contributed by atoms with Gasteiger partial charge < -0.3 is 5.32 Å². The van der Waals surface area contributed by atoms with Crippen LogP contribution in [0.5, 0.6) is 0 Å². The summed E-state index contributed by atoms with van der Waals surface area (Å²) in [4.78, 5) is 8.43. The molecule has 0 aliphatic heterocycles. The molecule has 3 heteroatoms. The second kappa shape index (κ2) is 6.38. The molecule has 0 saturated heterocycles. The van der Waals surface area contributed by atoms with Crippen LogP contribution in [0.25, 0.3) is 0 Å². The van der Waals surface area contributed by atoms with Crippen molar-refractivity contribution >= 4 is 5.82 Å². The molecule has 0 radical (unpaired) electrons. The topological polar surface area (TPSA) is 37.8 Å².